The number of fused-ring (bicyclic) bond motifs is 1. The number of hydrogen-bond donors (Lipinski definition) is 2. The van der Waals surface area contributed by atoms with Crippen LogP contribution >= 0.6 is 11.3 Å². The predicted octanol–water partition coefficient (Wildman–Crippen LogP) is 3.61. The molecule has 28 heavy (non-hydrogen) atoms. The van der Waals surface area contributed by atoms with Crippen LogP contribution in [-0.2, 0) is 0 Å². The second kappa shape index (κ2) is 7.59. The molecule has 0 bridgehead atoms. The number of benzene rings is 1. The smallest absolute Gasteiger partial charge is 0.263 e. The summed E-state index contributed by atoms with van der Waals surface area (Å²) in [5.74, 6) is -0.176. The van der Waals surface area contributed by atoms with Crippen LogP contribution < -0.4 is 11.1 Å². The first-order valence-electron chi connectivity index (χ1n) is 9.37. The third kappa shape index (κ3) is 3.22. The number of carbonyl (C=O) groups is 2. The molecule has 2 amide bonds. The summed E-state index contributed by atoms with van der Waals surface area (Å²) in [6.07, 6.45) is 2.92. The SMILES string of the molecule is CNC(=O)c1sc2nc(C3CCCCN3C(=O)c3ccccc3)ccc2c1N. The highest BCUT2D eigenvalue weighted by Crippen LogP contribution is 2.36. The number of likely N-dealkylation sites (tertiary alicyclic amines) is 1. The monoisotopic (exact) mass is 394 g/mol. The average Bonchev–Trinajstić information content (AvgIpc) is 3.09. The van der Waals surface area contributed by atoms with Crippen molar-refractivity contribution >= 4 is 39.1 Å². The Morgan fingerprint density at radius 2 is 1.96 bits per heavy atom. The molecule has 3 N–H and O–H groups in total. The summed E-state index contributed by atoms with van der Waals surface area (Å²) in [6, 6.07) is 13.1. The van der Waals surface area contributed by atoms with E-state index in [1.165, 1.54) is 11.3 Å². The summed E-state index contributed by atoms with van der Waals surface area (Å²) in [5, 5.41) is 3.39. The number of thiophene rings is 1. The average molecular weight is 395 g/mol. The van der Waals surface area contributed by atoms with Gasteiger partial charge in [-0.05, 0) is 43.5 Å². The number of pyridine rings is 1. The van der Waals surface area contributed by atoms with Crippen LogP contribution in [0.25, 0.3) is 10.2 Å². The molecule has 1 fully saturated rings. The van der Waals surface area contributed by atoms with Gasteiger partial charge in [0.2, 0.25) is 0 Å². The van der Waals surface area contributed by atoms with Gasteiger partial charge in [-0.25, -0.2) is 4.98 Å². The van der Waals surface area contributed by atoms with Gasteiger partial charge in [-0.2, -0.15) is 0 Å². The van der Waals surface area contributed by atoms with Crippen molar-refractivity contribution in [3.05, 3.63) is 58.6 Å². The van der Waals surface area contributed by atoms with Gasteiger partial charge >= 0.3 is 0 Å². The van der Waals surface area contributed by atoms with E-state index < -0.39 is 0 Å². The lowest BCUT2D eigenvalue weighted by Gasteiger charge is -2.35. The Kier molecular flexibility index (Phi) is 5.00. The number of aromatic nitrogens is 1. The molecule has 144 valence electrons. The van der Waals surface area contributed by atoms with Gasteiger partial charge < -0.3 is 16.0 Å². The van der Waals surface area contributed by atoms with Gasteiger partial charge in [0.1, 0.15) is 9.71 Å². The number of carbonyl (C=O) groups excluding carboxylic acids is 2. The maximum Gasteiger partial charge on any atom is 0.263 e. The van der Waals surface area contributed by atoms with Crippen LogP contribution in [-0.4, -0.2) is 35.3 Å². The van der Waals surface area contributed by atoms with Crippen molar-refractivity contribution in [1.82, 2.24) is 15.2 Å². The summed E-state index contributed by atoms with van der Waals surface area (Å²) < 4.78 is 0. The van der Waals surface area contributed by atoms with Crippen LogP contribution in [0.3, 0.4) is 0 Å². The van der Waals surface area contributed by atoms with Crippen molar-refractivity contribution in [3.63, 3.8) is 0 Å². The molecule has 0 spiro atoms. The number of nitrogens with two attached hydrogens (primary N) is 1. The van der Waals surface area contributed by atoms with Gasteiger partial charge in [0.05, 0.1) is 17.4 Å². The number of nitrogens with zero attached hydrogens (tertiary/aromatic N) is 2. The number of hydrogen-bond acceptors (Lipinski definition) is 5. The molecule has 4 rings (SSSR count). The number of anilines is 1. The molecular formula is C21H22N4O2S. The fourth-order valence-electron chi connectivity index (χ4n) is 3.71. The number of nitrogens with one attached hydrogen (secondary N) is 1. The van der Waals surface area contributed by atoms with E-state index >= 15 is 0 Å². The minimum absolute atomic E-state index is 0.0314. The zero-order valence-corrected chi connectivity index (χ0v) is 16.5. The third-order valence-electron chi connectivity index (χ3n) is 5.17. The molecule has 6 nitrogen and oxygen atoms in total. The van der Waals surface area contributed by atoms with Crippen molar-refractivity contribution in [1.29, 1.82) is 0 Å². The van der Waals surface area contributed by atoms with Crippen LogP contribution in [0.2, 0.25) is 0 Å². The summed E-state index contributed by atoms with van der Waals surface area (Å²) in [4.78, 5) is 33.0. The maximum atomic E-state index is 13.1. The standard InChI is InChI=1S/C21H22N4O2S/c1-23-19(26)18-17(22)14-10-11-15(24-20(14)28-18)16-9-5-6-12-25(16)21(27)13-7-3-2-4-8-13/h2-4,7-8,10-11,16H,5-6,9,12,22H2,1H3,(H,23,26). The number of amides is 2. The Bertz CT molecular complexity index is 1030. The lowest BCUT2D eigenvalue weighted by atomic mass is 9.97. The first-order valence-corrected chi connectivity index (χ1v) is 10.2. The first-order chi connectivity index (χ1) is 13.6. The minimum Gasteiger partial charge on any atom is -0.397 e. The van der Waals surface area contributed by atoms with E-state index in [9.17, 15) is 9.59 Å². The molecule has 2 aromatic heterocycles. The number of nitrogen functional groups attached to an aromatic ring is 1. The van der Waals surface area contributed by atoms with Gasteiger partial charge in [0.25, 0.3) is 11.8 Å². The van der Waals surface area contributed by atoms with E-state index in [0.29, 0.717) is 22.7 Å². The molecule has 0 saturated carbocycles. The summed E-state index contributed by atoms with van der Waals surface area (Å²) in [5.41, 5.74) is 8.14. The Balaban J connectivity index is 1.70. The molecule has 0 radical (unpaired) electrons. The molecule has 1 atom stereocenters. The topological polar surface area (TPSA) is 88.3 Å². The molecular weight excluding hydrogens is 372 g/mol. The molecule has 1 aliphatic rings. The summed E-state index contributed by atoms with van der Waals surface area (Å²) in [7, 11) is 1.58. The lowest BCUT2D eigenvalue weighted by Crippen LogP contribution is -2.38. The Morgan fingerprint density at radius 1 is 1.18 bits per heavy atom. The highest BCUT2D eigenvalue weighted by Gasteiger charge is 2.30. The van der Waals surface area contributed by atoms with E-state index in [1.54, 1.807) is 7.05 Å². The fourth-order valence-corrected chi connectivity index (χ4v) is 4.75. The van der Waals surface area contributed by atoms with Gasteiger partial charge in [-0.15, -0.1) is 11.3 Å². The van der Waals surface area contributed by atoms with E-state index in [2.05, 4.69) is 5.32 Å². The normalized spacial score (nSPS) is 16.9. The maximum absolute atomic E-state index is 13.1. The van der Waals surface area contributed by atoms with Crippen molar-refractivity contribution in [2.45, 2.75) is 25.3 Å². The van der Waals surface area contributed by atoms with E-state index in [-0.39, 0.29) is 17.9 Å². The Morgan fingerprint density at radius 3 is 2.71 bits per heavy atom. The van der Waals surface area contributed by atoms with E-state index in [0.717, 1.165) is 35.2 Å². The highest BCUT2D eigenvalue weighted by atomic mass is 32.1. The van der Waals surface area contributed by atoms with Crippen LogP contribution in [0.15, 0.2) is 42.5 Å². The van der Waals surface area contributed by atoms with Gasteiger partial charge in [0.15, 0.2) is 0 Å². The van der Waals surface area contributed by atoms with E-state index in [4.69, 9.17) is 10.7 Å². The predicted molar refractivity (Wildman–Crippen MR) is 111 cm³/mol. The third-order valence-corrected chi connectivity index (χ3v) is 6.29. The molecule has 7 heteroatoms. The van der Waals surface area contributed by atoms with Gasteiger partial charge in [-0.1, -0.05) is 18.2 Å². The Hall–Kier alpha value is -2.93. The zero-order chi connectivity index (χ0) is 19.7. The second-order valence-electron chi connectivity index (χ2n) is 6.89. The summed E-state index contributed by atoms with van der Waals surface area (Å²) >= 11 is 1.29. The van der Waals surface area contributed by atoms with Crippen molar-refractivity contribution < 1.29 is 9.59 Å². The molecule has 1 unspecified atom stereocenters. The zero-order valence-electron chi connectivity index (χ0n) is 15.6. The van der Waals surface area contributed by atoms with Gasteiger partial charge in [-0.3, -0.25) is 9.59 Å². The molecule has 3 aromatic rings. The van der Waals surface area contributed by atoms with Crippen molar-refractivity contribution in [2.75, 3.05) is 19.3 Å². The first kappa shape index (κ1) is 18.4. The van der Waals surface area contributed by atoms with Crippen molar-refractivity contribution in [2.24, 2.45) is 0 Å². The van der Waals surface area contributed by atoms with Crippen molar-refractivity contribution in [3.8, 4) is 0 Å². The molecule has 1 saturated heterocycles. The lowest BCUT2D eigenvalue weighted by molar-refractivity contribution is 0.0606. The van der Waals surface area contributed by atoms with Crippen LogP contribution in [0.5, 0.6) is 0 Å². The molecule has 1 aromatic carbocycles. The van der Waals surface area contributed by atoms with Crippen LogP contribution in [0.1, 0.15) is 51.0 Å². The second-order valence-corrected chi connectivity index (χ2v) is 7.89. The molecule has 3 heterocycles. The number of rotatable bonds is 3. The van der Waals surface area contributed by atoms with E-state index in [1.807, 2.05) is 47.4 Å². The molecule has 0 aliphatic carbocycles. The van der Waals surface area contributed by atoms with Crippen LogP contribution in [0, 0.1) is 0 Å². The number of piperidine rings is 1. The fraction of sp³-hybridized carbons (Fsp3) is 0.286. The Labute approximate surface area is 167 Å². The summed E-state index contributed by atoms with van der Waals surface area (Å²) in [6.45, 7) is 0.716. The molecule has 1 aliphatic heterocycles. The van der Waals surface area contributed by atoms with Crippen LogP contribution in [0.4, 0.5) is 5.69 Å². The minimum atomic E-state index is -0.208. The largest absolute Gasteiger partial charge is 0.397 e. The van der Waals surface area contributed by atoms with Gasteiger partial charge in [0, 0.05) is 24.5 Å². The quantitative estimate of drug-likeness (QED) is 0.710. The highest BCUT2D eigenvalue weighted by molar-refractivity contribution is 7.21.